The van der Waals surface area contributed by atoms with Gasteiger partial charge in [-0.15, -0.1) is 0 Å². The Balaban J connectivity index is 4.54. The predicted octanol–water partition coefficient (Wildman–Crippen LogP) is 3.42. The maximum Gasteiger partial charge on any atom is 0.192 e. The molecule has 0 spiro atoms. The van der Waals surface area contributed by atoms with E-state index in [1.807, 2.05) is 0 Å². The standard InChI is InChI=1S/C12H28O2Si/c1-8-11(10(2)9-13)14-15(6,7)12(3,4)5/h10-11,13H,8-9H2,1-7H3/t10-,11-/m1/s1. The summed E-state index contributed by atoms with van der Waals surface area (Å²) in [4.78, 5) is 0. The Hall–Kier alpha value is 0.137. The van der Waals surface area contributed by atoms with Crippen LogP contribution in [0.4, 0.5) is 0 Å². The van der Waals surface area contributed by atoms with Crippen LogP contribution in [-0.4, -0.2) is 26.1 Å². The van der Waals surface area contributed by atoms with E-state index in [1.165, 1.54) is 0 Å². The highest BCUT2D eigenvalue weighted by Crippen LogP contribution is 2.38. The molecule has 0 radical (unpaired) electrons. The molecule has 92 valence electrons. The molecule has 0 aromatic heterocycles. The van der Waals surface area contributed by atoms with E-state index in [0.29, 0.717) is 0 Å². The van der Waals surface area contributed by atoms with E-state index in [0.717, 1.165) is 6.42 Å². The fourth-order valence-electron chi connectivity index (χ4n) is 1.27. The lowest BCUT2D eigenvalue weighted by molar-refractivity contribution is 0.0822. The van der Waals surface area contributed by atoms with Gasteiger partial charge in [0.25, 0.3) is 0 Å². The number of aliphatic hydroxyl groups excluding tert-OH is 1. The summed E-state index contributed by atoms with van der Waals surface area (Å²) in [5.41, 5.74) is 0. The molecule has 1 N–H and O–H groups in total. The second-order valence-corrected chi connectivity index (χ2v) is 10.7. The first-order chi connectivity index (χ1) is 6.65. The maximum atomic E-state index is 9.17. The summed E-state index contributed by atoms with van der Waals surface area (Å²) in [6.07, 6.45) is 1.18. The predicted molar refractivity (Wildman–Crippen MR) is 68.6 cm³/mol. The smallest absolute Gasteiger partial charge is 0.192 e. The van der Waals surface area contributed by atoms with Gasteiger partial charge in [-0.05, 0) is 24.6 Å². The molecule has 0 unspecified atom stereocenters. The molecule has 0 bridgehead atoms. The molecule has 2 atom stereocenters. The van der Waals surface area contributed by atoms with E-state index >= 15 is 0 Å². The summed E-state index contributed by atoms with van der Waals surface area (Å²) >= 11 is 0. The minimum Gasteiger partial charge on any atom is -0.414 e. The molecule has 0 amide bonds. The fraction of sp³-hybridized carbons (Fsp3) is 1.00. The minimum atomic E-state index is -1.68. The Morgan fingerprint density at radius 2 is 1.73 bits per heavy atom. The van der Waals surface area contributed by atoms with Crippen molar-refractivity contribution in [2.45, 2.75) is 65.3 Å². The summed E-state index contributed by atoms with van der Waals surface area (Å²) in [5, 5.41) is 9.42. The highest BCUT2D eigenvalue weighted by Gasteiger charge is 2.39. The first-order valence-corrected chi connectivity index (χ1v) is 8.85. The van der Waals surface area contributed by atoms with Crippen LogP contribution in [0.5, 0.6) is 0 Å². The summed E-state index contributed by atoms with van der Waals surface area (Å²) in [7, 11) is -1.68. The van der Waals surface area contributed by atoms with Gasteiger partial charge in [0.2, 0.25) is 0 Å². The molecule has 3 heteroatoms. The third-order valence-corrected chi connectivity index (χ3v) is 8.08. The first-order valence-electron chi connectivity index (χ1n) is 5.94. The van der Waals surface area contributed by atoms with Crippen LogP contribution < -0.4 is 0 Å². The second-order valence-electron chi connectivity index (χ2n) is 5.98. The van der Waals surface area contributed by atoms with E-state index in [-0.39, 0.29) is 23.7 Å². The van der Waals surface area contributed by atoms with Gasteiger partial charge in [0.05, 0.1) is 0 Å². The topological polar surface area (TPSA) is 29.5 Å². The van der Waals surface area contributed by atoms with Gasteiger partial charge in [-0.2, -0.15) is 0 Å². The molecule has 0 aliphatic carbocycles. The van der Waals surface area contributed by atoms with Crippen molar-refractivity contribution < 1.29 is 9.53 Å². The van der Waals surface area contributed by atoms with Crippen LogP contribution in [0, 0.1) is 5.92 Å². The monoisotopic (exact) mass is 232 g/mol. The summed E-state index contributed by atoms with van der Waals surface area (Å²) in [6, 6.07) is 0. The SMILES string of the molecule is CC[C@@H](O[Si](C)(C)C(C)(C)C)[C@H](C)CO. The van der Waals surface area contributed by atoms with Crippen molar-refractivity contribution in [1.82, 2.24) is 0 Å². The van der Waals surface area contributed by atoms with E-state index in [1.54, 1.807) is 0 Å². The Morgan fingerprint density at radius 3 is 2.00 bits per heavy atom. The zero-order valence-electron chi connectivity index (χ0n) is 11.4. The summed E-state index contributed by atoms with van der Waals surface area (Å²) < 4.78 is 6.28. The normalized spacial score (nSPS) is 17.6. The average Bonchev–Trinajstić information content (AvgIpc) is 2.11. The van der Waals surface area contributed by atoms with Gasteiger partial charge in [-0.3, -0.25) is 0 Å². The van der Waals surface area contributed by atoms with Crippen LogP contribution in [0.15, 0.2) is 0 Å². The van der Waals surface area contributed by atoms with Gasteiger partial charge in [0, 0.05) is 18.6 Å². The molecule has 0 aliphatic rings. The highest BCUT2D eigenvalue weighted by atomic mass is 28.4. The number of aliphatic hydroxyl groups is 1. The molecular weight excluding hydrogens is 204 g/mol. The van der Waals surface area contributed by atoms with Crippen molar-refractivity contribution in [3.05, 3.63) is 0 Å². The summed E-state index contributed by atoms with van der Waals surface area (Å²) in [6.45, 7) is 15.7. The third kappa shape index (κ3) is 4.25. The second kappa shape index (κ2) is 5.46. The number of hydrogen-bond acceptors (Lipinski definition) is 2. The molecule has 0 saturated heterocycles. The molecule has 0 heterocycles. The van der Waals surface area contributed by atoms with Crippen molar-refractivity contribution in [1.29, 1.82) is 0 Å². The molecule has 0 rings (SSSR count). The lowest BCUT2D eigenvalue weighted by Crippen LogP contribution is -2.45. The van der Waals surface area contributed by atoms with Crippen molar-refractivity contribution in [2.24, 2.45) is 5.92 Å². The first kappa shape index (κ1) is 15.1. The van der Waals surface area contributed by atoms with Crippen molar-refractivity contribution in [3.8, 4) is 0 Å². The Morgan fingerprint density at radius 1 is 1.27 bits per heavy atom. The van der Waals surface area contributed by atoms with Gasteiger partial charge in [-0.25, -0.2) is 0 Å². The van der Waals surface area contributed by atoms with E-state index in [4.69, 9.17) is 4.43 Å². The third-order valence-electron chi connectivity index (χ3n) is 3.58. The average molecular weight is 232 g/mol. The van der Waals surface area contributed by atoms with Crippen LogP contribution >= 0.6 is 0 Å². The van der Waals surface area contributed by atoms with Crippen molar-refractivity contribution in [3.63, 3.8) is 0 Å². The van der Waals surface area contributed by atoms with Gasteiger partial charge in [-0.1, -0.05) is 34.6 Å². The van der Waals surface area contributed by atoms with Gasteiger partial charge >= 0.3 is 0 Å². The quantitative estimate of drug-likeness (QED) is 0.736. The van der Waals surface area contributed by atoms with E-state index in [2.05, 4.69) is 47.7 Å². The molecule has 15 heavy (non-hydrogen) atoms. The molecule has 0 aromatic carbocycles. The van der Waals surface area contributed by atoms with Gasteiger partial charge < -0.3 is 9.53 Å². The van der Waals surface area contributed by atoms with Crippen LogP contribution in [-0.2, 0) is 4.43 Å². The zero-order valence-corrected chi connectivity index (χ0v) is 12.4. The molecule has 0 saturated carbocycles. The van der Waals surface area contributed by atoms with Crippen LogP contribution in [0.1, 0.15) is 41.0 Å². The highest BCUT2D eigenvalue weighted by molar-refractivity contribution is 6.74. The van der Waals surface area contributed by atoms with Crippen LogP contribution in [0.3, 0.4) is 0 Å². The van der Waals surface area contributed by atoms with Gasteiger partial charge in [0.15, 0.2) is 8.32 Å². The fourth-order valence-corrected chi connectivity index (χ4v) is 2.78. The number of rotatable bonds is 5. The van der Waals surface area contributed by atoms with Crippen LogP contribution in [0.2, 0.25) is 18.1 Å². The Bertz CT molecular complexity index is 185. The number of hydrogen-bond donors (Lipinski definition) is 1. The Kier molecular flexibility index (Phi) is 5.51. The van der Waals surface area contributed by atoms with Crippen molar-refractivity contribution in [2.75, 3.05) is 6.61 Å². The molecule has 0 fully saturated rings. The molecule has 0 aromatic rings. The summed E-state index contributed by atoms with van der Waals surface area (Å²) in [5.74, 6) is 0.240. The molecular formula is C12H28O2Si. The van der Waals surface area contributed by atoms with Gasteiger partial charge in [0.1, 0.15) is 0 Å². The van der Waals surface area contributed by atoms with Crippen molar-refractivity contribution >= 4 is 8.32 Å². The minimum absolute atomic E-state index is 0.205. The lowest BCUT2D eigenvalue weighted by atomic mass is 10.0. The van der Waals surface area contributed by atoms with E-state index in [9.17, 15) is 5.11 Å². The molecule has 2 nitrogen and oxygen atoms in total. The molecule has 0 aliphatic heterocycles. The largest absolute Gasteiger partial charge is 0.414 e. The Labute approximate surface area is 96.2 Å². The maximum absolute atomic E-state index is 9.17. The lowest BCUT2D eigenvalue weighted by Gasteiger charge is -2.40. The van der Waals surface area contributed by atoms with Crippen LogP contribution in [0.25, 0.3) is 0 Å². The van der Waals surface area contributed by atoms with E-state index < -0.39 is 8.32 Å². The zero-order chi connectivity index (χ0) is 12.3.